The van der Waals surface area contributed by atoms with Crippen molar-refractivity contribution >= 4 is 23.0 Å². The number of imidazole rings is 1. The fourth-order valence-electron chi connectivity index (χ4n) is 3.19. The molecule has 4 rings (SSSR count). The van der Waals surface area contributed by atoms with Crippen molar-refractivity contribution in [2.75, 3.05) is 25.7 Å². The molecule has 3 aromatic rings. The van der Waals surface area contributed by atoms with Gasteiger partial charge < -0.3 is 19.7 Å². The van der Waals surface area contributed by atoms with Gasteiger partial charge in [0.1, 0.15) is 0 Å². The summed E-state index contributed by atoms with van der Waals surface area (Å²) in [5.41, 5.74) is 1.32. The van der Waals surface area contributed by atoms with Crippen molar-refractivity contribution in [3.05, 3.63) is 54.1 Å². The third kappa shape index (κ3) is 3.61. The number of fused-ring (bicyclic) bond motifs is 2. The van der Waals surface area contributed by atoms with Gasteiger partial charge in [0.25, 0.3) is 11.8 Å². The topological polar surface area (TPSA) is 85.2 Å². The fourth-order valence-corrected chi connectivity index (χ4v) is 3.19. The molecule has 8 heteroatoms. The van der Waals surface area contributed by atoms with Crippen molar-refractivity contribution in [2.24, 2.45) is 0 Å². The van der Waals surface area contributed by atoms with E-state index in [-0.39, 0.29) is 24.2 Å². The summed E-state index contributed by atoms with van der Waals surface area (Å²) in [6.45, 7) is 2.87. The van der Waals surface area contributed by atoms with Gasteiger partial charge in [0.2, 0.25) is 12.6 Å². The quantitative estimate of drug-likeness (QED) is 0.694. The molecule has 2 aromatic heterocycles. The van der Waals surface area contributed by atoms with Gasteiger partial charge in [0, 0.05) is 31.5 Å². The minimum absolute atomic E-state index is 0.162. The van der Waals surface area contributed by atoms with Crippen LogP contribution in [0.2, 0.25) is 0 Å². The Morgan fingerprint density at radius 1 is 1.21 bits per heavy atom. The number of nitrogens with zero attached hydrogens (tertiary/aromatic N) is 3. The number of aromatic nitrogens is 2. The zero-order valence-corrected chi connectivity index (χ0v) is 16.3. The van der Waals surface area contributed by atoms with Crippen LogP contribution < -0.4 is 14.8 Å². The van der Waals surface area contributed by atoms with Crippen molar-refractivity contribution in [1.82, 2.24) is 14.3 Å². The molecule has 0 spiro atoms. The summed E-state index contributed by atoms with van der Waals surface area (Å²) in [6.07, 6.45) is 3.63. The number of nitrogens with one attached hydrogen (secondary N) is 1. The third-order valence-corrected chi connectivity index (χ3v) is 4.78. The Balaban J connectivity index is 1.63. The Kier molecular flexibility index (Phi) is 5.07. The Labute approximate surface area is 168 Å². The van der Waals surface area contributed by atoms with Crippen LogP contribution >= 0.6 is 0 Å². The Morgan fingerprint density at radius 3 is 2.86 bits per heavy atom. The highest BCUT2D eigenvalue weighted by Crippen LogP contribution is 2.34. The Bertz CT molecular complexity index is 1080. The molecular formula is C21H22N4O4. The monoisotopic (exact) mass is 394 g/mol. The molecule has 3 heterocycles. The van der Waals surface area contributed by atoms with E-state index in [4.69, 9.17) is 9.47 Å². The lowest BCUT2D eigenvalue weighted by molar-refractivity contribution is 0.0780. The van der Waals surface area contributed by atoms with Crippen LogP contribution in [0.15, 0.2) is 42.6 Å². The molecule has 1 aromatic carbocycles. The number of pyridine rings is 1. The summed E-state index contributed by atoms with van der Waals surface area (Å²) in [6, 6.07) is 10.5. The maximum Gasteiger partial charge on any atom is 0.289 e. The average molecular weight is 394 g/mol. The van der Waals surface area contributed by atoms with Crippen molar-refractivity contribution in [1.29, 1.82) is 0 Å². The molecule has 1 aliphatic rings. The first-order chi connectivity index (χ1) is 14.1. The smallest absolute Gasteiger partial charge is 0.289 e. The minimum Gasteiger partial charge on any atom is -0.454 e. The van der Waals surface area contributed by atoms with Gasteiger partial charge in [-0.3, -0.25) is 14.0 Å². The van der Waals surface area contributed by atoms with E-state index in [1.165, 1.54) is 0 Å². The van der Waals surface area contributed by atoms with E-state index in [0.717, 1.165) is 12.8 Å². The molecule has 0 unspecified atom stereocenters. The Hall–Kier alpha value is -3.55. The van der Waals surface area contributed by atoms with E-state index >= 15 is 0 Å². The standard InChI is InChI=1S/C21H22N4O4/c1-3-4-10-24(2)21(27)19-23-18(15-7-5-6-11-25(15)19)20(26)22-14-8-9-16-17(12-14)29-13-28-16/h5-9,11-12H,3-4,10,13H2,1-2H3,(H,22,26). The van der Waals surface area contributed by atoms with Gasteiger partial charge in [-0.15, -0.1) is 0 Å². The molecule has 150 valence electrons. The number of benzene rings is 1. The third-order valence-electron chi connectivity index (χ3n) is 4.78. The first-order valence-electron chi connectivity index (χ1n) is 9.52. The number of hydrogen-bond donors (Lipinski definition) is 1. The van der Waals surface area contributed by atoms with Crippen LogP contribution in [-0.2, 0) is 0 Å². The molecule has 0 fully saturated rings. The van der Waals surface area contributed by atoms with Gasteiger partial charge in [-0.1, -0.05) is 19.4 Å². The second-order valence-electron chi connectivity index (χ2n) is 6.84. The normalized spacial score (nSPS) is 12.2. The average Bonchev–Trinajstić information content (AvgIpc) is 3.35. The molecule has 8 nitrogen and oxygen atoms in total. The molecule has 2 amide bonds. The maximum absolute atomic E-state index is 12.9. The van der Waals surface area contributed by atoms with E-state index in [9.17, 15) is 9.59 Å². The fraction of sp³-hybridized carbons (Fsp3) is 0.286. The van der Waals surface area contributed by atoms with Gasteiger partial charge in [-0.2, -0.15) is 0 Å². The summed E-state index contributed by atoms with van der Waals surface area (Å²) in [7, 11) is 1.74. The molecule has 0 saturated heterocycles. The highest BCUT2D eigenvalue weighted by atomic mass is 16.7. The number of carbonyl (C=O) groups excluding carboxylic acids is 2. The van der Waals surface area contributed by atoms with Gasteiger partial charge in [-0.05, 0) is 30.7 Å². The lowest BCUT2D eigenvalue weighted by Gasteiger charge is -2.15. The molecule has 0 radical (unpaired) electrons. The predicted octanol–water partition coefficient (Wildman–Crippen LogP) is 3.19. The number of unbranched alkanes of at least 4 members (excludes halogenated alkanes) is 1. The van der Waals surface area contributed by atoms with Crippen molar-refractivity contribution < 1.29 is 19.1 Å². The summed E-state index contributed by atoms with van der Waals surface area (Å²) in [5, 5.41) is 2.82. The largest absolute Gasteiger partial charge is 0.454 e. The van der Waals surface area contributed by atoms with Crippen LogP contribution in [-0.4, -0.2) is 46.5 Å². The molecular weight excluding hydrogens is 372 g/mol. The first kappa shape index (κ1) is 18.8. The minimum atomic E-state index is -0.400. The van der Waals surface area contributed by atoms with Crippen LogP contribution in [0.25, 0.3) is 5.52 Å². The second kappa shape index (κ2) is 7.83. The van der Waals surface area contributed by atoms with Crippen molar-refractivity contribution in [3.8, 4) is 11.5 Å². The van der Waals surface area contributed by atoms with E-state index in [1.54, 1.807) is 52.9 Å². The molecule has 29 heavy (non-hydrogen) atoms. The number of hydrogen-bond acceptors (Lipinski definition) is 5. The van der Waals surface area contributed by atoms with Crippen LogP contribution in [0.3, 0.4) is 0 Å². The van der Waals surface area contributed by atoms with Gasteiger partial charge in [0.05, 0.1) is 5.52 Å². The highest BCUT2D eigenvalue weighted by Gasteiger charge is 2.24. The molecule has 0 aliphatic carbocycles. The van der Waals surface area contributed by atoms with Crippen LogP contribution in [0.4, 0.5) is 5.69 Å². The van der Waals surface area contributed by atoms with Gasteiger partial charge >= 0.3 is 0 Å². The number of carbonyl (C=O) groups is 2. The lowest BCUT2D eigenvalue weighted by Crippen LogP contribution is -2.29. The van der Waals surface area contributed by atoms with E-state index in [1.807, 2.05) is 6.07 Å². The Morgan fingerprint density at radius 2 is 2.03 bits per heavy atom. The zero-order chi connectivity index (χ0) is 20.4. The van der Waals surface area contributed by atoms with Crippen molar-refractivity contribution in [3.63, 3.8) is 0 Å². The zero-order valence-electron chi connectivity index (χ0n) is 16.3. The van der Waals surface area contributed by atoms with E-state index in [0.29, 0.717) is 29.2 Å². The van der Waals surface area contributed by atoms with E-state index < -0.39 is 5.91 Å². The van der Waals surface area contributed by atoms with Crippen molar-refractivity contribution in [2.45, 2.75) is 19.8 Å². The number of rotatable bonds is 6. The molecule has 1 N–H and O–H groups in total. The highest BCUT2D eigenvalue weighted by molar-refractivity contribution is 6.09. The van der Waals surface area contributed by atoms with E-state index in [2.05, 4.69) is 17.2 Å². The SMILES string of the molecule is CCCCN(C)C(=O)c1nc(C(=O)Nc2ccc3c(c2)OCO3)c2ccccn12. The van der Waals surface area contributed by atoms with Crippen LogP contribution in [0.1, 0.15) is 40.9 Å². The number of anilines is 1. The molecule has 1 aliphatic heterocycles. The second-order valence-corrected chi connectivity index (χ2v) is 6.84. The summed E-state index contributed by atoms with van der Waals surface area (Å²) in [5.74, 6) is 0.809. The summed E-state index contributed by atoms with van der Waals surface area (Å²) < 4.78 is 12.3. The number of ether oxygens (including phenoxy) is 2. The number of amides is 2. The summed E-state index contributed by atoms with van der Waals surface area (Å²) in [4.78, 5) is 31.8. The predicted molar refractivity (Wildman–Crippen MR) is 108 cm³/mol. The van der Waals surface area contributed by atoms with Crippen LogP contribution in [0.5, 0.6) is 11.5 Å². The summed E-state index contributed by atoms with van der Waals surface area (Å²) >= 11 is 0. The van der Waals surface area contributed by atoms with Gasteiger partial charge in [-0.25, -0.2) is 4.98 Å². The maximum atomic E-state index is 12.9. The first-order valence-corrected chi connectivity index (χ1v) is 9.52. The van der Waals surface area contributed by atoms with Crippen LogP contribution in [0, 0.1) is 0 Å². The molecule has 0 atom stereocenters. The molecule has 0 bridgehead atoms. The van der Waals surface area contributed by atoms with Gasteiger partial charge in [0.15, 0.2) is 17.2 Å². The molecule has 0 saturated carbocycles. The lowest BCUT2D eigenvalue weighted by atomic mass is 10.2.